The van der Waals surface area contributed by atoms with Gasteiger partial charge < -0.3 is 0 Å². The van der Waals surface area contributed by atoms with Crippen LogP contribution in [0, 0.1) is 6.58 Å². The van der Waals surface area contributed by atoms with Crippen molar-refractivity contribution in [1.29, 1.82) is 0 Å². The van der Waals surface area contributed by atoms with Crippen molar-refractivity contribution in [2.24, 2.45) is 0 Å². The van der Waals surface area contributed by atoms with E-state index in [1.807, 2.05) is 6.07 Å². The average Bonchev–Trinajstić information content (AvgIpc) is 2.56. The van der Waals surface area contributed by atoms with Crippen LogP contribution in [0.1, 0.15) is 0 Å². The summed E-state index contributed by atoms with van der Waals surface area (Å²) in [4.78, 5) is 0. The molecule has 1 aromatic carbocycles. The van der Waals surface area contributed by atoms with Gasteiger partial charge in [0, 0.05) is 13.6 Å². The molecular formula is C8H3BrI2N2S. The fourth-order valence-electron chi connectivity index (χ4n) is 0.976. The van der Waals surface area contributed by atoms with E-state index in [4.69, 9.17) is 0 Å². The van der Waals surface area contributed by atoms with Gasteiger partial charge in [-0.25, -0.2) is 0 Å². The Morgan fingerprint density at radius 1 is 1.21 bits per heavy atom. The van der Waals surface area contributed by atoms with Crippen LogP contribution in [0.2, 0.25) is 0 Å². The first-order valence-electron chi connectivity index (χ1n) is 3.61. The van der Waals surface area contributed by atoms with Gasteiger partial charge in [0.15, 0.2) is 3.01 Å². The Kier molecular flexibility index (Phi) is 3.77. The second kappa shape index (κ2) is 4.71. The maximum Gasteiger partial charge on any atom is 0.178 e. The highest BCUT2D eigenvalue weighted by atomic mass is 127. The van der Waals surface area contributed by atoms with E-state index in [1.54, 1.807) is 11.3 Å². The van der Waals surface area contributed by atoms with Crippen molar-refractivity contribution in [2.75, 3.05) is 0 Å². The minimum absolute atomic E-state index is 0.966. The molecule has 0 saturated carbocycles. The van der Waals surface area contributed by atoms with Gasteiger partial charge in [0.05, 0.1) is 0 Å². The Morgan fingerprint density at radius 3 is 2.64 bits per heavy atom. The summed E-state index contributed by atoms with van der Waals surface area (Å²) >= 11 is 9.54. The SMILES string of the molecule is Brc1ccc(I)c(-c2nnc(I)s2)c1. The van der Waals surface area contributed by atoms with Gasteiger partial charge in [0.2, 0.25) is 0 Å². The highest BCUT2D eigenvalue weighted by Gasteiger charge is 2.08. The molecule has 2 rings (SSSR count). The molecule has 1 heterocycles. The molecule has 0 aliphatic heterocycles. The van der Waals surface area contributed by atoms with Crippen molar-refractivity contribution in [2.45, 2.75) is 0 Å². The number of aromatic nitrogens is 2. The Morgan fingerprint density at radius 2 is 2.00 bits per heavy atom. The Hall–Kier alpha value is 0.720. The topological polar surface area (TPSA) is 25.8 Å². The molecule has 0 bridgehead atoms. The second-order valence-electron chi connectivity index (χ2n) is 2.48. The van der Waals surface area contributed by atoms with Crippen LogP contribution in [-0.2, 0) is 0 Å². The van der Waals surface area contributed by atoms with Gasteiger partial charge in [0.25, 0.3) is 0 Å². The normalized spacial score (nSPS) is 10.5. The summed E-state index contributed by atoms with van der Waals surface area (Å²) in [6.07, 6.45) is 0. The number of hydrogen-bond donors (Lipinski definition) is 0. The molecule has 0 aliphatic rings. The molecule has 72 valence electrons. The lowest BCUT2D eigenvalue weighted by Gasteiger charge is -1.99. The molecule has 0 N–H and O–H groups in total. The third-order valence-electron chi connectivity index (χ3n) is 1.56. The zero-order valence-electron chi connectivity index (χ0n) is 6.67. The first-order chi connectivity index (χ1) is 6.66. The van der Waals surface area contributed by atoms with Crippen LogP contribution in [0.4, 0.5) is 0 Å². The summed E-state index contributed by atoms with van der Waals surface area (Å²) < 4.78 is 3.23. The molecule has 0 unspecified atom stereocenters. The van der Waals surface area contributed by atoms with Crippen molar-refractivity contribution in [3.63, 3.8) is 0 Å². The van der Waals surface area contributed by atoms with Gasteiger partial charge in [-0.05, 0) is 63.4 Å². The van der Waals surface area contributed by atoms with E-state index >= 15 is 0 Å². The summed E-state index contributed by atoms with van der Waals surface area (Å²) in [5.74, 6) is 0. The molecular weight excluding hydrogens is 490 g/mol. The van der Waals surface area contributed by atoms with Crippen LogP contribution in [0.25, 0.3) is 10.6 Å². The van der Waals surface area contributed by atoms with E-state index in [-0.39, 0.29) is 0 Å². The van der Waals surface area contributed by atoms with Gasteiger partial charge in [0.1, 0.15) is 5.01 Å². The molecule has 1 aromatic heterocycles. The van der Waals surface area contributed by atoms with E-state index in [2.05, 4.69) is 83.4 Å². The number of halogens is 3. The second-order valence-corrected chi connectivity index (χ2v) is 7.29. The van der Waals surface area contributed by atoms with Crippen LogP contribution in [0.5, 0.6) is 0 Å². The molecule has 0 atom stereocenters. The lowest BCUT2D eigenvalue weighted by atomic mass is 10.2. The standard InChI is InChI=1S/C8H3BrI2N2S/c9-4-1-2-6(10)5(3-4)7-12-13-8(11)14-7/h1-3H. The highest BCUT2D eigenvalue weighted by Crippen LogP contribution is 2.30. The Balaban J connectivity index is 2.55. The first kappa shape index (κ1) is 11.2. The van der Waals surface area contributed by atoms with Gasteiger partial charge in [-0.1, -0.05) is 27.3 Å². The monoisotopic (exact) mass is 492 g/mol. The van der Waals surface area contributed by atoms with Gasteiger partial charge in [-0.3, -0.25) is 0 Å². The van der Waals surface area contributed by atoms with Crippen LogP contribution in [0.15, 0.2) is 22.7 Å². The molecule has 14 heavy (non-hydrogen) atoms. The van der Waals surface area contributed by atoms with E-state index < -0.39 is 0 Å². The number of rotatable bonds is 1. The Bertz CT molecular complexity index is 472. The summed E-state index contributed by atoms with van der Waals surface area (Å²) in [6.45, 7) is 0. The lowest BCUT2D eigenvalue weighted by molar-refractivity contribution is 1.07. The maximum absolute atomic E-state index is 4.12. The number of hydrogen-bond acceptors (Lipinski definition) is 3. The lowest BCUT2D eigenvalue weighted by Crippen LogP contribution is -1.82. The third kappa shape index (κ3) is 2.45. The number of benzene rings is 1. The van der Waals surface area contributed by atoms with E-state index in [9.17, 15) is 0 Å². The summed E-state index contributed by atoms with van der Waals surface area (Å²) in [5.41, 5.74) is 1.14. The van der Waals surface area contributed by atoms with E-state index in [1.165, 1.54) is 3.57 Å². The fraction of sp³-hybridized carbons (Fsp3) is 0. The van der Waals surface area contributed by atoms with E-state index in [0.717, 1.165) is 18.1 Å². The molecule has 0 fully saturated rings. The largest absolute Gasteiger partial charge is 0.178 e. The van der Waals surface area contributed by atoms with Crippen LogP contribution < -0.4 is 0 Å². The zero-order valence-corrected chi connectivity index (χ0v) is 13.4. The molecule has 2 nitrogen and oxygen atoms in total. The minimum atomic E-state index is 0.966. The average molecular weight is 493 g/mol. The summed E-state index contributed by atoms with van der Waals surface area (Å²) in [6, 6.07) is 6.16. The maximum atomic E-state index is 4.12. The van der Waals surface area contributed by atoms with Crippen molar-refractivity contribution in [3.8, 4) is 10.6 Å². The van der Waals surface area contributed by atoms with Crippen LogP contribution >= 0.6 is 72.4 Å². The smallest absolute Gasteiger partial charge is 0.137 e. The molecule has 0 saturated heterocycles. The zero-order chi connectivity index (χ0) is 10.1. The first-order valence-corrected chi connectivity index (χ1v) is 7.38. The molecule has 0 radical (unpaired) electrons. The quantitative estimate of drug-likeness (QED) is 0.558. The van der Waals surface area contributed by atoms with Gasteiger partial charge in [-0.15, -0.1) is 10.2 Å². The van der Waals surface area contributed by atoms with Crippen molar-refractivity contribution >= 4 is 72.4 Å². The van der Waals surface area contributed by atoms with E-state index in [0.29, 0.717) is 0 Å². The van der Waals surface area contributed by atoms with Crippen molar-refractivity contribution in [3.05, 3.63) is 29.3 Å². The van der Waals surface area contributed by atoms with Crippen LogP contribution in [-0.4, -0.2) is 10.2 Å². The number of nitrogens with zero attached hydrogens (tertiary/aromatic N) is 2. The fourth-order valence-corrected chi connectivity index (χ4v) is 3.45. The molecule has 6 heteroatoms. The van der Waals surface area contributed by atoms with Crippen LogP contribution in [0.3, 0.4) is 0 Å². The predicted molar refractivity (Wildman–Crippen MR) is 78.5 cm³/mol. The predicted octanol–water partition coefficient (Wildman–Crippen LogP) is 4.18. The molecule has 0 aliphatic carbocycles. The third-order valence-corrected chi connectivity index (χ3v) is 4.61. The van der Waals surface area contributed by atoms with Crippen molar-refractivity contribution in [1.82, 2.24) is 10.2 Å². The minimum Gasteiger partial charge on any atom is -0.137 e. The molecule has 0 amide bonds. The highest BCUT2D eigenvalue weighted by molar-refractivity contribution is 14.1. The molecule has 0 spiro atoms. The summed E-state index contributed by atoms with van der Waals surface area (Å²) in [5, 5.41) is 9.10. The van der Waals surface area contributed by atoms with Gasteiger partial charge >= 0.3 is 0 Å². The van der Waals surface area contributed by atoms with Crippen molar-refractivity contribution < 1.29 is 0 Å². The molecule has 2 aromatic rings. The van der Waals surface area contributed by atoms with Gasteiger partial charge in [-0.2, -0.15) is 0 Å². The summed E-state index contributed by atoms with van der Waals surface area (Å²) in [7, 11) is 0. The Labute approximate surface area is 121 Å².